The summed E-state index contributed by atoms with van der Waals surface area (Å²) in [5, 5.41) is 17.6. The summed E-state index contributed by atoms with van der Waals surface area (Å²) in [6, 6.07) is 8.22. The smallest absolute Gasteiger partial charge is 0.393 e. The van der Waals surface area contributed by atoms with E-state index in [1.54, 1.807) is 55.2 Å². The van der Waals surface area contributed by atoms with Crippen LogP contribution in [0.1, 0.15) is 56.6 Å². The normalized spacial score (nSPS) is 24.5. The van der Waals surface area contributed by atoms with Crippen molar-refractivity contribution in [2.75, 3.05) is 40.5 Å². The molecule has 1 spiro atoms. The van der Waals surface area contributed by atoms with Gasteiger partial charge in [0.25, 0.3) is 5.56 Å². The predicted octanol–water partition coefficient (Wildman–Crippen LogP) is 7.00. The van der Waals surface area contributed by atoms with Crippen LogP contribution >= 0.6 is 11.6 Å². The number of anilines is 5. The summed E-state index contributed by atoms with van der Waals surface area (Å²) in [5.74, 6) is -6.08. The molecule has 4 fully saturated rings. The molecule has 14 nitrogen and oxygen atoms in total. The number of piperidine rings is 1. The second-order valence-electron chi connectivity index (χ2n) is 17.5. The largest absolute Gasteiger partial charge is 0.480 e. The zero-order chi connectivity index (χ0) is 43.5. The number of ether oxygens (including phenoxy) is 1. The summed E-state index contributed by atoms with van der Waals surface area (Å²) in [6.07, 6.45) is -0.518. The van der Waals surface area contributed by atoms with Gasteiger partial charge in [-0.2, -0.15) is 23.3 Å². The van der Waals surface area contributed by atoms with Gasteiger partial charge in [-0.3, -0.25) is 24.4 Å². The van der Waals surface area contributed by atoms with Gasteiger partial charge in [-0.15, -0.1) is 0 Å². The first kappa shape index (κ1) is 40.4. The average molecular weight is 881 g/mol. The molecule has 2 saturated carbocycles. The topological polar surface area (TPSA) is 160 Å². The molecule has 4 N–H and O–H groups in total. The molecule has 326 valence electrons. The number of alkyl halides is 5. The minimum Gasteiger partial charge on any atom is -0.480 e. The number of aryl methyl sites for hydroxylation is 2. The summed E-state index contributed by atoms with van der Waals surface area (Å²) in [6.45, 7) is -0.294. The molecular weight excluding hydrogens is 839 g/mol. The maximum absolute atomic E-state index is 15.2. The lowest BCUT2D eigenvalue weighted by Gasteiger charge is -2.55. The Hall–Kier alpha value is -5.72. The van der Waals surface area contributed by atoms with Gasteiger partial charge in [0.05, 0.1) is 46.5 Å². The molecule has 2 saturated heterocycles. The van der Waals surface area contributed by atoms with Gasteiger partial charge in [-0.25, -0.2) is 13.8 Å². The molecule has 2 aliphatic carbocycles. The maximum Gasteiger partial charge on any atom is 0.393 e. The van der Waals surface area contributed by atoms with Gasteiger partial charge in [0.1, 0.15) is 5.02 Å². The van der Waals surface area contributed by atoms with Crippen LogP contribution in [-0.2, 0) is 23.7 Å². The van der Waals surface area contributed by atoms with Crippen molar-refractivity contribution in [3.05, 3.63) is 63.7 Å². The number of hydrogen-bond acceptors (Lipinski definition) is 11. The van der Waals surface area contributed by atoms with Gasteiger partial charge in [0, 0.05) is 67.2 Å². The highest BCUT2D eigenvalue weighted by atomic mass is 35.5. The summed E-state index contributed by atoms with van der Waals surface area (Å²) >= 11 is 6.56. The quantitative estimate of drug-likeness (QED) is 0.0985. The van der Waals surface area contributed by atoms with E-state index in [4.69, 9.17) is 16.3 Å². The van der Waals surface area contributed by atoms with Crippen LogP contribution in [0.3, 0.4) is 0 Å². The second-order valence-corrected chi connectivity index (χ2v) is 18.0. The van der Waals surface area contributed by atoms with E-state index >= 15 is 8.78 Å². The van der Waals surface area contributed by atoms with E-state index in [0.717, 1.165) is 0 Å². The van der Waals surface area contributed by atoms with Crippen LogP contribution in [0.5, 0.6) is 5.75 Å². The number of imide groups is 1. The summed E-state index contributed by atoms with van der Waals surface area (Å²) in [5.41, 5.74) is 1.70. The summed E-state index contributed by atoms with van der Waals surface area (Å²) in [7, 11) is 3.25. The number of aromatic nitrogens is 5. The van der Waals surface area contributed by atoms with Crippen molar-refractivity contribution in [3.8, 4) is 5.75 Å². The third-order valence-electron chi connectivity index (χ3n) is 13.3. The molecule has 10 rings (SSSR count). The van der Waals surface area contributed by atoms with Gasteiger partial charge >= 0.3 is 12.1 Å². The van der Waals surface area contributed by atoms with Gasteiger partial charge < -0.3 is 30.2 Å². The van der Waals surface area contributed by atoms with E-state index in [-0.39, 0.29) is 59.3 Å². The van der Waals surface area contributed by atoms with Crippen LogP contribution in [-0.4, -0.2) is 80.0 Å². The number of rotatable bonds is 7. The molecule has 0 radical (unpaired) electrons. The zero-order valence-electron chi connectivity index (χ0n) is 33.6. The summed E-state index contributed by atoms with van der Waals surface area (Å²) < 4.78 is 83.2. The highest BCUT2D eigenvalue weighted by molar-refractivity contribution is 6.33. The van der Waals surface area contributed by atoms with Crippen molar-refractivity contribution < 1.29 is 36.3 Å². The van der Waals surface area contributed by atoms with Crippen LogP contribution in [0.4, 0.5) is 50.8 Å². The second kappa shape index (κ2) is 14.4. The first-order chi connectivity index (χ1) is 29.5. The molecule has 6 heterocycles. The number of amides is 2. The van der Waals surface area contributed by atoms with Crippen molar-refractivity contribution in [1.29, 1.82) is 0 Å². The van der Waals surface area contributed by atoms with Crippen LogP contribution in [0.2, 0.25) is 5.02 Å². The SMILES string of the molecule is Cn1nc(C2CCC(=O)NC2=O)c2ccc(N[C@H]3CCC4(C[C@@H]3C(F)(F)F)CN(c3ncc(Cl)c(Nc5ccc6c(c5)c5c(c(=O)n6C)OCC(F)(F)[C@H](C6CC6)N5)n3)C4)cc21. The number of fused-ring (bicyclic) bond motifs is 4. The Morgan fingerprint density at radius 3 is 2.48 bits per heavy atom. The minimum absolute atomic E-state index is 0.0911. The van der Waals surface area contributed by atoms with E-state index < -0.39 is 59.5 Å². The van der Waals surface area contributed by atoms with E-state index in [0.29, 0.717) is 77.6 Å². The van der Waals surface area contributed by atoms with Crippen LogP contribution in [0, 0.1) is 17.3 Å². The number of hydrogen-bond donors (Lipinski definition) is 4. The third-order valence-corrected chi connectivity index (χ3v) is 13.6. The summed E-state index contributed by atoms with van der Waals surface area (Å²) in [4.78, 5) is 48.4. The van der Waals surface area contributed by atoms with Gasteiger partial charge in [-0.1, -0.05) is 11.6 Å². The number of pyridine rings is 1. The molecule has 4 atom stereocenters. The van der Waals surface area contributed by atoms with Crippen molar-refractivity contribution in [2.45, 2.75) is 75.0 Å². The minimum atomic E-state index is -4.47. The lowest BCUT2D eigenvalue weighted by molar-refractivity contribution is -0.196. The lowest BCUT2D eigenvalue weighted by Crippen LogP contribution is -2.62. The molecule has 5 aromatic rings. The molecule has 3 aliphatic heterocycles. The van der Waals surface area contributed by atoms with E-state index in [2.05, 4.69) is 36.3 Å². The Kier molecular flexibility index (Phi) is 9.39. The third kappa shape index (κ3) is 7.01. The predicted molar refractivity (Wildman–Crippen MR) is 221 cm³/mol. The molecule has 5 aliphatic rings. The number of halogens is 6. The molecule has 20 heteroatoms. The van der Waals surface area contributed by atoms with Crippen molar-refractivity contribution >= 4 is 74.0 Å². The first-order valence-electron chi connectivity index (χ1n) is 20.6. The Morgan fingerprint density at radius 1 is 0.968 bits per heavy atom. The maximum atomic E-state index is 15.2. The van der Waals surface area contributed by atoms with Crippen LogP contribution in [0.15, 0.2) is 47.4 Å². The number of benzene rings is 2. The fraction of sp³-hybridized carbons (Fsp3) is 0.476. The molecule has 62 heavy (non-hydrogen) atoms. The highest BCUT2D eigenvalue weighted by Crippen LogP contribution is 2.52. The lowest BCUT2D eigenvalue weighted by atomic mass is 9.63. The standard InChI is InChI=1S/C42H42ClF5N10O4/c1-56-29-9-6-21(13-25(29)33-34(38(56)61)62-19-41(44,45)35(53-33)20-3-4-20)51-36-27(43)16-49-39(54-36)58-17-40(18-58)12-11-28(26(15-40)42(46,47)48)50-22-5-7-23-30(14-22)57(2)55-32(23)24-8-10-31(59)52-37(24)60/h5-7,9,13-14,16,20,24,26,28,35,50,53H,3-4,8,10-12,15,17-19H2,1-2H3,(H,49,51,54)(H,52,59,60)/t24?,26-,28-,35-/m0/s1. The molecule has 2 amide bonds. The van der Waals surface area contributed by atoms with Crippen LogP contribution in [0.25, 0.3) is 21.8 Å². The van der Waals surface area contributed by atoms with Crippen molar-refractivity contribution in [3.63, 3.8) is 0 Å². The molecule has 1 unspecified atom stereocenters. The average Bonchev–Trinajstić information content (AvgIpc) is 4.02. The Balaban J connectivity index is 0.845. The highest BCUT2D eigenvalue weighted by Gasteiger charge is 2.56. The number of carbonyl (C=O) groups excluding carboxylic acids is 2. The van der Waals surface area contributed by atoms with E-state index in [1.165, 1.54) is 10.8 Å². The first-order valence-corrected chi connectivity index (χ1v) is 21.0. The number of carbonyl (C=O) groups is 2. The Morgan fingerprint density at radius 2 is 1.74 bits per heavy atom. The van der Waals surface area contributed by atoms with E-state index in [9.17, 15) is 27.6 Å². The Labute approximate surface area is 355 Å². The number of nitrogens with one attached hydrogen (secondary N) is 4. The Bertz CT molecular complexity index is 2730. The van der Waals surface area contributed by atoms with Gasteiger partial charge in [0.15, 0.2) is 12.4 Å². The zero-order valence-corrected chi connectivity index (χ0v) is 34.3. The fourth-order valence-corrected chi connectivity index (χ4v) is 10.0. The van der Waals surface area contributed by atoms with Crippen LogP contribution < -0.4 is 36.5 Å². The fourth-order valence-electron chi connectivity index (χ4n) is 9.90. The van der Waals surface area contributed by atoms with Crippen molar-refractivity contribution in [1.82, 2.24) is 29.6 Å². The molecule has 3 aromatic heterocycles. The molecular formula is C42H42ClF5N10O4. The number of nitrogens with zero attached hydrogens (tertiary/aromatic N) is 6. The van der Waals surface area contributed by atoms with Gasteiger partial charge in [-0.05, 0) is 80.8 Å². The van der Waals surface area contributed by atoms with Crippen molar-refractivity contribution in [2.24, 2.45) is 31.3 Å². The van der Waals surface area contributed by atoms with Gasteiger partial charge in [0.2, 0.25) is 23.5 Å². The molecule has 2 aromatic carbocycles. The molecule has 0 bridgehead atoms. The monoisotopic (exact) mass is 880 g/mol. The van der Waals surface area contributed by atoms with E-state index in [1.807, 2.05) is 4.90 Å².